The van der Waals surface area contributed by atoms with Gasteiger partial charge in [0, 0.05) is 0 Å². The molecule has 0 radical (unpaired) electrons. The number of carbonyl (C=O) groups excluding carboxylic acids is 3. The molecule has 0 aromatic heterocycles. The maximum atomic E-state index is 13.2. The van der Waals surface area contributed by atoms with Gasteiger partial charge in [0.2, 0.25) is 17.7 Å². The minimum Gasteiger partial charge on any atom is -0.324 e. The van der Waals surface area contributed by atoms with E-state index in [0.29, 0.717) is 11.8 Å². The maximum Gasteiger partial charge on any atom is 0.418 e. The summed E-state index contributed by atoms with van der Waals surface area (Å²) in [6.45, 7) is 1.38. The molecule has 1 aromatic rings. The van der Waals surface area contributed by atoms with Gasteiger partial charge in [-0.3, -0.25) is 19.3 Å². The first-order valence-electron chi connectivity index (χ1n) is 9.72. The van der Waals surface area contributed by atoms with Gasteiger partial charge >= 0.3 is 6.18 Å². The fraction of sp³-hybridized carbons (Fsp3) is 0.476. The normalized spacial score (nSPS) is 35.4. The lowest BCUT2D eigenvalue weighted by Crippen LogP contribution is -2.46. The lowest BCUT2D eigenvalue weighted by atomic mass is 9.63. The number of para-hydroxylation sites is 1. The molecule has 0 spiro atoms. The number of anilines is 1. The summed E-state index contributed by atoms with van der Waals surface area (Å²) >= 11 is 0. The van der Waals surface area contributed by atoms with Crippen LogP contribution in [0.1, 0.15) is 18.9 Å². The van der Waals surface area contributed by atoms with Gasteiger partial charge < -0.3 is 5.32 Å². The van der Waals surface area contributed by atoms with Crippen molar-refractivity contribution in [1.29, 1.82) is 0 Å². The Bertz CT molecular complexity index is 921. The molecule has 4 aliphatic carbocycles. The largest absolute Gasteiger partial charge is 0.418 e. The van der Waals surface area contributed by atoms with Gasteiger partial charge in [0.15, 0.2) is 0 Å². The average Bonchev–Trinajstić information content (AvgIpc) is 3.45. The van der Waals surface area contributed by atoms with Crippen LogP contribution in [0.2, 0.25) is 0 Å². The van der Waals surface area contributed by atoms with Crippen LogP contribution in [0.3, 0.4) is 0 Å². The van der Waals surface area contributed by atoms with Crippen molar-refractivity contribution in [2.24, 2.45) is 35.5 Å². The SMILES string of the molecule is C[C@H](C(=O)Nc1ccccc1C(F)(F)F)N1C(=O)[C@@H]2[C@H]3C=C[C@@H]([C@@H]4C[C@@H]34)[C@H]2C1=O. The number of carbonyl (C=O) groups is 3. The number of benzene rings is 1. The van der Waals surface area contributed by atoms with Crippen LogP contribution >= 0.6 is 0 Å². The summed E-state index contributed by atoms with van der Waals surface area (Å²) in [5, 5.41) is 2.25. The third-order valence-corrected chi connectivity index (χ3v) is 6.95. The summed E-state index contributed by atoms with van der Waals surface area (Å²) in [5.74, 6) is -1.54. The van der Waals surface area contributed by atoms with E-state index in [-0.39, 0.29) is 23.7 Å². The van der Waals surface area contributed by atoms with Crippen molar-refractivity contribution in [1.82, 2.24) is 4.90 Å². The molecule has 152 valence electrons. The molecule has 1 aromatic carbocycles. The summed E-state index contributed by atoms with van der Waals surface area (Å²) in [6.07, 6.45) is 0.450. The van der Waals surface area contributed by atoms with Crippen LogP contribution in [0.15, 0.2) is 36.4 Å². The Morgan fingerprint density at radius 3 is 2.17 bits per heavy atom. The summed E-state index contributed by atoms with van der Waals surface area (Å²) in [6, 6.07) is 3.45. The van der Waals surface area contributed by atoms with Crippen molar-refractivity contribution in [3.63, 3.8) is 0 Å². The minimum atomic E-state index is -4.63. The Kier molecular flexibility index (Phi) is 3.76. The van der Waals surface area contributed by atoms with Crippen LogP contribution < -0.4 is 5.32 Å². The Hall–Kier alpha value is -2.64. The van der Waals surface area contributed by atoms with Gasteiger partial charge in [-0.15, -0.1) is 0 Å². The number of imide groups is 1. The average molecular weight is 404 g/mol. The number of alkyl halides is 3. The highest BCUT2D eigenvalue weighted by atomic mass is 19.4. The number of rotatable bonds is 3. The maximum absolute atomic E-state index is 13.2. The standard InChI is InChI=1S/C21H19F3N2O3/c1-9(18(27)25-15-5-3-2-4-14(15)21(22,23)24)26-19(28)16-10-6-7-11(13-8-12(10)13)17(16)20(26)29/h2-7,9-13,16-17H,8H2,1H3,(H,25,27)/t9-,10+,11+,12+,13+,16-,17-/m1/s1. The molecular formula is C21H19F3N2O3. The number of halogens is 3. The number of hydrogen-bond donors (Lipinski definition) is 1. The molecule has 3 amide bonds. The first-order valence-corrected chi connectivity index (χ1v) is 9.72. The van der Waals surface area contributed by atoms with Crippen molar-refractivity contribution in [2.45, 2.75) is 25.6 Å². The predicted octanol–water partition coefficient (Wildman–Crippen LogP) is 3.09. The molecule has 6 rings (SSSR count). The summed E-state index contributed by atoms with van der Waals surface area (Å²) in [7, 11) is 0. The van der Waals surface area contributed by atoms with E-state index >= 15 is 0 Å². The third kappa shape index (κ3) is 2.57. The summed E-state index contributed by atoms with van der Waals surface area (Å²) < 4.78 is 39.5. The quantitative estimate of drug-likeness (QED) is 0.622. The lowest BCUT2D eigenvalue weighted by molar-refractivity contribution is -0.146. The number of hydrogen-bond acceptors (Lipinski definition) is 3. The molecular weight excluding hydrogens is 385 g/mol. The van der Waals surface area contributed by atoms with Crippen molar-refractivity contribution >= 4 is 23.4 Å². The second-order valence-electron chi connectivity index (χ2n) is 8.41. The molecule has 1 N–H and O–H groups in total. The lowest BCUT2D eigenvalue weighted by Gasteiger charge is -2.37. The molecule has 2 bridgehead atoms. The minimum absolute atomic E-state index is 0.0256. The Labute approximate surface area is 164 Å². The molecule has 7 atom stereocenters. The van der Waals surface area contributed by atoms with Crippen LogP contribution in [0.4, 0.5) is 18.9 Å². The summed E-state index contributed by atoms with van der Waals surface area (Å²) in [4.78, 5) is 39.7. The Morgan fingerprint density at radius 2 is 1.62 bits per heavy atom. The van der Waals surface area contributed by atoms with E-state index in [1.54, 1.807) is 0 Å². The molecule has 0 unspecified atom stereocenters. The monoisotopic (exact) mass is 404 g/mol. The van der Waals surface area contributed by atoms with E-state index < -0.39 is 41.2 Å². The van der Waals surface area contributed by atoms with Gasteiger partial charge in [-0.25, -0.2) is 0 Å². The fourth-order valence-electron chi connectivity index (χ4n) is 5.56. The molecule has 5 aliphatic rings. The topological polar surface area (TPSA) is 66.5 Å². The van der Waals surface area contributed by atoms with Crippen LogP contribution in [0.5, 0.6) is 0 Å². The molecule has 1 heterocycles. The Balaban J connectivity index is 1.38. The van der Waals surface area contributed by atoms with Crippen molar-refractivity contribution in [3.05, 3.63) is 42.0 Å². The van der Waals surface area contributed by atoms with Crippen molar-refractivity contribution in [2.75, 3.05) is 5.32 Å². The fourth-order valence-corrected chi connectivity index (χ4v) is 5.56. The molecule has 3 fully saturated rings. The van der Waals surface area contributed by atoms with Gasteiger partial charge in [-0.05, 0) is 49.1 Å². The highest BCUT2D eigenvalue weighted by Gasteiger charge is 2.67. The van der Waals surface area contributed by atoms with Crippen LogP contribution in [-0.2, 0) is 20.6 Å². The van der Waals surface area contributed by atoms with Crippen LogP contribution in [0.25, 0.3) is 0 Å². The second kappa shape index (κ2) is 5.93. The zero-order valence-corrected chi connectivity index (χ0v) is 15.5. The number of nitrogens with one attached hydrogen (secondary N) is 1. The highest BCUT2D eigenvalue weighted by molar-refractivity contribution is 6.10. The van der Waals surface area contributed by atoms with Gasteiger partial charge in [0.05, 0.1) is 23.1 Å². The van der Waals surface area contributed by atoms with Gasteiger partial charge in [0.1, 0.15) is 6.04 Å². The zero-order chi connectivity index (χ0) is 20.7. The number of amides is 3. The van der Waals surface area contributed by atoms with E-state index in [0.717, 1.165) is 23.5 Å². The van der Waals surface area contributed by atoms with E-state index in [2.05, 4.69) is 5.32 Å². The third-order valence-electron chi connectivity index (χ3n) is 6.95. The number of likely N-dealkylation sites (tertiary alicyclic amines) is 1. The molecule has 8 heteroatoms. The van der Waals surface area contributed by atoms with Crippen molar-refractivity contribution < 1.29 is 27.6 Å². The van der Waals surface area contributed by atoms with Gasteiger partial charge in [-0.1, -0.05) is 24.3 Å². The zero-order valence-electron chi connectivity index (χ0n) is 15.5. The number of nitrogens with zero attached hydrogens (tertiary/aromatic N) is 1. The first kappa shape index (κ1) is 18.4. The number of allylic oxidation sites excluding steroid dienone is 2. The van der Waals surface area contributed by atoms with E-state index in [1.807, 2.05) is 12.2 Å². The van der Waals surface area contributed by atoms with Crippen molar-refractivity contribution in [3.8, 4) is 0 Å². The second-order valence-corrected chi connectivity index (χ2v) is 8.41. The van der Waals surface area contributed by atoms with E-state index in [9.17, 15) is 27.6 Å². The van der Waals surface area contributed by atoms with Gasteiger partial charge in [-0.2, -0.15) is 13.2 Å². The molecule has 1 aliphatic heterocycles. The molecule has 29 heavy (non-hydrogen) atoms. The van der Waals surface area contributed by atoms with Crippen LogP contribution in [-0.4, -0.2) is 28.7 Å². The smallest absolute Gasteiger partial charge is 0.324 e. The van der Waals surface area contributed by atoms with Gasteiger partial charge in [0.25, 0.3) is 0 Å². The molecule has 2 saturated carbocycles. The van der Waals surface area contributed by atoms with Crippen LogP contribution in [0, 0.1) is 35.5 Å². The Morgan fingerprint density at radius 1 is 1.07 bits per heavy atom. The summed E-state index contributed by atoms with van der Waals surface area (Å²) in [5.41, 5.74) is -1.37. The van der Waals surface area contributed by atoms with E-state index in [1.165, 1.54) is 19.1 Å². The van der Waals surface area contributed by atoms with E-state index in [4.69, 9.17) is 0 Å². The highest BCUT2D eigenvalue weighted by Crippen LogP contribution is 2.65. The molecule has 5 nitrogen and oxygen atoms in total. The first-order chi connectivity index (χ1) is 13.7. The molecule has 1 saturated heterocycles. The predicted molar refractivity (Wildman–Crippen MR) is 96.1 cm³/mol.